The number of aromatic hydroxyl groups is 2. The molecule has 0 fully saturated rings. The standard InChI is InChI=1S/C7H6O4S.Ag.ClH.GeH4.K.H/c8-4-1-3(7(10)11)2-5(12)6(4)9;;;;;/h1-2,8-9,12H,(H,10,11);;1H;1H4;;. The molecule has 0 spiro atoms. The topological polar surface area (TPSA) is 77.8 Å². The number of carbonyl (C=O) groups is 1. The van der Waals surface area contributed by atoms with Gasteiger partial charge in [-0.15, -0.1) is 25.0 Å². The molecule has 0 amide bonds. The van der Waals surface area contributed by atoms with Crippen molar-refractivity contribution in [3.8, 4) is 11.5 Å². The van der Waals surface area contributed by atoms with Gasteiger partial charge in [0.1, 0.15) is 0 Å². The van der Waals surface area contributed by atoms with Gasteiger partial charge in [-0.05, 0) is 12.1 Å². The van der Waals surface area contributed by atoms with Crippen molar-refractivity contribution in [2.75, 3.05) is 0 Å². The van der Waals surface area contributed by atoms with Gasteiger partial charge in [0.05, 0.1) is 10.5 Å². The Morgan fingerprint density at radius 3 is 2.00 bits per heavy atom. The molecule has 0 atom stereocenters. The second-order valence-corrected chi connectivity index (χ2v) is 2.65. The van der Waals surface area contributed by atoms with Crippen LogP contribution in [-0.4, -0.2) is 90.3 Å². The Balaban J connectivity index is -0.000000180. The third-order valence-electron chi connectivity index (χ3n) is 1.32. The number of halogens is 1. The van der Waals surface area contributed by atoms with E-state index in [0.717, 1.165) is 12.1 Å². The van der Waals surface area contributed by atoms with Gasteiger partial charge in [-0.1, -0.05) is 0 Å². The van der Waals surface area contributed by atoms with Crippen molar-refractivity contribution in [3.05, 3.63) is 17.7 Å². The van der Waals surface area contributed by atoms with Crippen LogP contribution >= 0.6 is 25.0 Å². The molecular formula is C7H12AgClGeKO4S. The van der Waals surface area contributed by atoms with Gasteiger partial charge in [-0.3, -0.25) is 0 Å². The van der Waals surface area contributed by atoms with E-state index in [4.69, 9.17) is 15.3 Å². The van der Waals surface area contributed by atoms with Crippen LogP contribution in [-0.2, 0) is 22.4 Å². The predicted octanol–water partition coefficient (Wildman–Crippen LogP) is -0.596. The normalized spacial score (nSPS) is 7.31. The summed E-state index contributed by atoms with van der Waals surface area (Å²) in [5, 5.41) is 26.5. The predicted molar refractivity (Wildman–Crippen MR) is 69.7 cm³/mol. The van der Waals surface area contributed by atoms with Crippen molar-refractivity contribution in [1.82, 2.24) is 0 Å². The SMILES string of the molecule is Cl.O=C(O)c1cc(O)c(O)c(S)c1.[Ag].[GeH4].[KH]. The fraction of sp³-hybridized carbons (Fsp3) is 0. The van der Waals surface area contributed by atoms with Crippen LogP contribution in [0.25, 0.3) is 0 Å². The molecular weight excluding hydrogens is 435 g/mol. The third-order valence-corrected chi connectivity index (χ3v) is 1.66. The summed E-state index contributed by atoms with van der Waals surface area (Å²) >= 11 is 3.76. The zero-order valence-corrected chi connectivity index (χ0v) is 9.75. The van der Waals surface area contributed by atoms with Crippen molar-refractivity contribution in [3.63, 3.8) is 0 Å². The Bertz CT molecular complexity index is 332. The zero-order chi connectivity index (χ0) is 9.30. The fourth-order valence-corrected chi connectivity index (χ4v) is 0.981. The van der Waals surface area contributed by atoms with E-state index in [9.17, 15) is 4.79 Å². The number of carboxylic acid groups (broad SMARTS) is 1. The number of rotatable bonds is 1. The first-order valence-corrected chi connectivity index (χ1v) is 3.45. The molecule has 0 aliphatic rings. The number of phenolic OH excluding ortho intramolecular Hbond substituents is 2. The first kappa shape index (κ1) is 26.4. The Hall–Kier alpha value is 1.85. The van der Waals surface area contributed by atoms with Gasteiger partial charge in [0.15, 0.2) is 11.5 Å². The number of aromatic carboxylic acids is 1. The molecule has 0 saturated heterocycles. The molecule has 9 heteroatoms. The van der Waals surface area contributed by atoms with Crippen LogP contribution in [0.5, 0.6) is 11.5 Å². The van der Waals surface area contributed by atoms with Gasteiger partial charge in [-0.2, -0.15) is 0 Å². The summed E-state index contributed by atoms with van der Waals surface area (Å²) in [6, 6.07) is 2.11. The van der Waals surface area contributed by atoms with Crippen LogP contribution in [0, 0.1) is 0 Å². The van der Waals surface area contributed by atoms with E-state index >= 15 is 0 Å². The maximum atomic E-state index is 10.4. The number of thiol groups is 1. The zero-order valence-electron chi connectivity index (χ0n) is 6.56. The van der Waals surface area contributed by atoms with Gasteiger partial charge in [0.25, 0.3) is 0 Å². The molecule has 0 saturated carbocycles. The number of hydrogen-bond donors (Lipinski definition) is 4. The molecule has 4 nitrogen and oxygen atoms in total. The van der Waals surface area contributed by atoms with Crippen LogP contribution < -0.4 is 0 Å². The van der Waals surface area contributed by atoms with Crippen LogP contribution in [0.4, 0.5) is 0 Å². The van der Waals surface area contributed by atoms with Gasteiger partial charge in [0, 0.05) is 22.4 Å². The van der Waals surface area contributed by atoms with E-state index in [2.05, 4.69) is 12.6 Å². The summed E-state index contributed by atoms with van der Waals surface area (Å²) in [6.07, 6.45) is 0. The molecule has 1 aromatic rings. The number of phenols is 2. The molecule has 93 valence electrons. The quantitative estimate of drug-likeness (QED) is 0.264. The van der Waals surface area contributed by atoms with Gasteiger partial charge in [0.2, 0.25) is 0 Å². The van der Waals surface area contributed by atoms with E-state index in [-0.39, 0.29) is 114 Å². The van der Waals surface area contributed by atoms with Crippen molar-refractivity contribution < 1.29 is 42.5 Å². The number of hydrogen-bond acceptors (Lipinski definition) is 4. The minimum absolute atomic E-state index is 0. The molecule has 0 aliphatic heterocycles. The molecule has 0 heterocycles. The van der Waals surface area contributed by atoms with E-state index in [1.54, 1.807) is 0 Å². The Labute approximate surface area is 173 Å². The first-order chi connectivity index (χ1) is 5.52. The van der Waals surface area contributed by atoms with E-state index in [1.807, 2.05) is 0 Å². The summed E-state index contributed by atoms with van der Waals surface area (Å²) in [6.45, 7) is 0. The summed E-state index contributed by atoms with van der Waals surface area (Å²) < 4.78 is 0. The molecule has 1 rings (SSSR count). The fourth-order valence-electron chi connectivity index (χ4n) is 0.728. The number of benzene rings is 1. The van der Waals surface area contributed by atoms with E-state index in [1.165, 1.54) is 0 Å². The average molecular weight is 447 g/mol. The van der Waals surface area contributed by atoms with Crippen molar-refractivity contribution in [1.29, 1.82) is 0 Å². The van der Waals surface area contributed by atoms with Crippen LogP contribution in [0.2, 0.25) is 0 Å². The summed E-state index contributed by atoms with van der Waals surface area (Å²) in [7, 11) is 0. The molecule has 1 radical (unpaired) electrons. The molecule has 1 aromatic carbocycles. The molecule has 0 aromatic heterocycles. The van der Waals surface area contributed by atoms with Crippen molar-refractivity contribution in [2.45, 2.75) is 4.90 Å². The van der Waals surface area contributed by atoms with Crippen LogP contribution in [0.1, 0.15) is 10.4 Å². The second kappa shape index (κ2) is 11.9. The summed E-state index contributed by atoms with van der Waals surface area (Å²) in [5.41, 5.74) is -0.115. The van der Waals surface area contributed by atoms with Crippen LogP contribution in [0.15, 0.2) is 17.0 Å². The van der Waals surface area contributed by atoms with E-state index < -0.39 is 17.5 Å². The minimum atomic E-state index is -1.18. The van der Waals surface area contributed by atoms with Crippen molar-refractivity contribution >= 4 is 100.0 Å². The van der Waals surface area contributed by atoms with Gasteiger partial charge >= 0.3 is 75.0 Å². The van der Waals surface area contributed by atoms with Gasteiger partial charge in [-0.25, -0.2) is 4.79 Å². The van der Waals surface area contributed by atoms with Gasteiger partial charge < -0.3 is 15.3 Å². The molecule has 0 aliphatic carbocycles. The molecule has 0 bridgehead atoms. The average Bonchev–Trinajstić information content (AvgIpc) is 1.99. The maximum absolute atomic E-state index is 10.4. The molecule has 16 heavy (non-hydrogen) atoms. The van der Waals surface area contributed by atoms with Crippen molar-refractivity contribution in [2.24, 2.45) is 0 Å². The number of carboxylic acids is 1. The monoisotopic (exact) mass is 447 g/mol. The third kappa shape index (κ3) is 7.32. The van der Waals surface area contributed by atoms with Crippen LogP contribution in [0.3, 0.4) is 0 Å². The molecule has 3 N–H and O–H groups in total. The molecule has 0 unspecified atom stereocenters. The Morgan fingerprint density at radius 1 is 1.25 bits per heavy atom. The second-order valence-electron chi connectivity index (χ2n) is 2.17. The summed E-state index contributed by atoms with van der Waals surface area (Å²) in [5.74, 6) is -2.08. The first-order valence-electron chi connectivity index (χ1n) is 3.00. The Kier molecular flexibility index (Phi) is 19.7. The summed E-state index contributed by atoms with van der Waals surface area (Å²) in [4.78, 5) is 10.4. The Morgan fingerprint density at radius 2 is 1.69 bits per heavy atom. The van der Waals surface area contributed by atoms with E-state index in [0.29, 0.717) is 0 Å².